The van der Waals surface area contributed by atoms with Gasteiger partial charge in [0.1, 0.15) is 5.82 Å². The van der Waals surface area contributed by atoms with Gasteiger partial charge < -0.3 is 11.1 Å². The Kier molecular flexibility index (Phi) is 3.25. The van der Waals surface area contributed by atoms with Crippen molar-refractivity contribution in [3.63, 3.8) is 0 Å². The lowest BCUT2D eigenvalue weighted by Crippen LogP contribution is -2.16. The van der Waals surface area contributed by atoms with Crippen molar-refractivity contribution in [2.24, 2.45) is 5.41 Å². The number of nitriles is 1. The summed E-state index contributed by atoms with van der Waals surface area (Å²) in [5, 5.41) is 11.8. The van der Waals surface area contributed by atoms with Gasteiger partial charge in [-0.1, -0.05) is 15.9 Å². The van der Waals surface area contributed by atoms with Crippen LogP contribution in [-0.4, -0.2) is 6.54 Å². The third-order valence-corrected chi connectivity index (χ3v) is 3.62. The quantitative estimate of drug-likeness (QED) is 0.839. The number of nitrogens with zero attached hydrogens (tertiary/aromatic N) is 1. The molecule has 1 aliphatic carbocycles. The van der Waals surface area contributed by atoms with E-state index in [0.717, 1.165) is 12.8 Å². The first-order chi connectivity index (χ1) is 8.06. The Morgan fingerprint density at radius 3 is 2.82 bits per heavy atom. The molecule has 5 heteroatoms. The summed E-state index contributed by atoms with van der Waals surface area (Å²) in [6.45, 7) is 0.667. The van der Waals surface area contributed by atoms with Crippen LogP contribution in [-0.2, 0) is 0 Å². The number of nitrogen functional groups attached to an aromatic ring is 1. The number of rotatable bonds is 4. The predicted molar refractivity (Wildman–Crippen MR) is 68.9 cm³/mol. The van der Waals surface area contributed by atoms with E-state index < -0.39 is 5.82 Å². The van der Waals surface area contributed by atoms with Crippen molar-refractivity contribution in [3.05, 3.63) is 22.4 Å². The highest BCUT2D eigenvalue weighted by atomic mass is 79.9. The van der Waals surface area contributed by atoms with Crippen LogP contribution in [0.3, 0.4) is 0 Å². The second-order valence-electron chi connectivity index (χ2n) is 4.54. The summed E-state index contributed by atoms with van der Waals surface area (Å²) >= 11 is 3.23. The van der Waals surface area contributed by atoms with Crippen molar-refractivity contribution in [3.8, 4) is 6.07 Å². The summed E-state index contributed by atoms with van der Waals surface area (Å²) in [7, 11) is 0. The lowest BCUT2D eigenvalue weighted by molar-refractivity contribution is 0.557. The van der Waals surface area contributed by atoms with Crippen LogP contribution in [0.5, 0.6) is 0 Å². The molecule has 0 amide bonds. The van der Waals surface area contributed by atoms with Crippen LogP contribution < -0.4 is 11.1 Å². The van der Waals surface area contributed by atoms with Gasteiger partial charge in [-0.25, -0.2) is 4.39 Å². The average molecular weight is 298 g/mol. The van der Waals surface area contributed by atoms with Gasteiger partial charge in [0.15, 0.2) is 0 Å². The Hall–Kier alpha value is -1.28. The van der Waals surface area contributed by atoms with E-state index in [1.165, 1.54) is 6.07 Å². The maximum Gasteiger partial charge on any atom is 0.149 e. The summed E-state index contributed by atoms with van der Waals surface area (Å²) in [6, 6.07) is 5.28. The molecule has 90 valence electrons. The second kappa shape index (κ2) is 4.53. The minimum Gasteiger partial charge on any atom is -0.395 e. The Labute approximate surface area is 108 Å². The molecule has 0 spiro atoms. The third kappa shape index (κ3) is 2.70. The van der Waals surface area contributed by atoms with E-state index in [2.05, 4.69) is 27.3 Å². The Morgan fingerprint density at radius 2 is 2.24 bits per heavy atom. The molecule has 1 aromatic carbocycles. The van der Waals surface area contributed by atoms with Gasteiger partial charge in [-0.3, -0.25) is 0 Å². The second-order valence-corrected chi connectivity index (χ2v) is 5.45. The molecule has 17 heavy (non-hydrogen) atoms. The fraction of sp³-hybridized carbons (Fsp3) is 0.417. The molecule has 1 saturated carbocycles. The molecule has 1 aromatic rings. The van der Waals surface area contributed by atoms with E-state index in [4.69, 9.17) is 11.0 Å². The van der Waals surface area contributed by atoms with Crippen LogP contribution >= 0.6 is 15.9 Å². The van der Waals surface area contributed by atoms with Gasteiger partial charge >= 0.3 is 0 Å². The zero-order valence-corrected chi connectivity index (χ0v) is 10.8. The maximum atomic E-state index is 13.4. The molecule has 3 N–H and O–H groups in total. The largest absolute Gasteiger partial charge is 0.395 e. The number of halogens is 2. The molecule has 1 fully saturated rings. The maximum absolute atomic E-state index is 13.4. The molecule has 0 aromatic heterocycles. The highest BCUT2D eigenvalue weighted by Gasteiger charge is 2.42. The molecule has 0 atom stereocenters. The molecular formula is C12H13BrFN3. The van der Waals surface area contributed by atoms with E-state index in [9.17, 15) is 4.39 Å². The van der Waals surface area contributed by atoms with Crippen molar-refractivity contribution in [2.75, 3.05) is 17.6 Å². The van der Waals surface area contributed by atoms with Gasteiger partial charge in [0.25, 0.3) is 0 Å². The lowest BCUT2D eigenvalue weighted by atomic mass is 10.0. The number of nitrogens with one attached hydrogen (secondary N) is 1. The van der Waals surface area contributed by atoms with Gasteiger partial charge in [-0.05, 0) is 25.0 Å². The highest BCUT2D eigenvalue weighted by molar-refractivity contribution is 9.10. The van der Waals surface area contributed by atoms with Crippen molar-refractivity contribution < 1.29 is 4.39 Å². The SMILES string of the molecule is N#CCC1(CNc2cc(Br)cc(F)c2N)CC1. The topological polar surface area (TPSA) is 61.8 Å². The molecule has 1 aliphatic rings. The average Bonchev–Trinajstić information content (AvgIpc) is 3.02. The summed E-state index contributed by atoms with van der Waals surface area (Å²) in [6.07, 6.45) is 2.63. The fourth-order valence-corrected chi connectivity index (χ4v) is 2.20. The van der Waals surface area contributed by atoms with Crippen LogP contribution in [0, 0.1) is 22.6 Å². The first kappa shape index (κ1) is 12.2. The molecular weight excluding hydrogens is 285 g/mol. The summed E-state index contributed by atoms with van der Waals surface area (Å²) < 4.78 is 14.0. The Balaban J connectivity index is 2.07. The van der Waals surface area contributed by atoms with E-state index >= 15 is 0 Å². The summed E-state index contributed by atoms with van der Waals surface area (Å²) in [5.41, 5.74) is 6.43. The number of hydrogen-bond acceptors (Lipinski definition) is 3. The first-order valence-corrected chi connectivity index (χ1v) is 6.21. The summed E-state index contributed by atoms with van der Waals surface area (Å²) in [5.74, 6) is -0.438. The Bertz CT molecular complexity index is 477. The van der Waals surface area contributed by atoms with Gasteiger partial charge in [0.05, 0.1) is 17.4 Å². The fourth-order valence-electron chi connectivity index (χ4n) is 1.77. The smallest absolute Gasteiger partial charge is 0.149 e. The zero-order chi connectivity index (χ0) is 12.5. The standard InChI is InChI=1S/C12H13BrFN3/c13-8-5-9(14)11(16)10(6-8)17-7-12(1-2-12)3-4-15/h5-6,17H,1-3,7,16H2. The molecule has 0 radical (unpaired) electrons. The van der Waals surface area contributed by atoms with Gasteiger partial charge in [-0.2, -0.15) is 5.26 Å². The molecule has 3 nitrogen and oxygen atoms in total. The molecule has 2 rings (SSSR count). The Morgan fingerprint density at radius 1 is 1.53 bits per heavy atom. The molecule has 0 heterocycles. The van der Waals surface area contributed by atoms with E-state index in [1.807, 2.05) is 0 Å². The number of anilines is 2. The van der Waals surface area contributed by atoms with Crippen molar-refractivity contribution in [1.82, 2.24) is 0 Å². The van der Waals surface area contributed by atoms with Crippen molar-refractivity contribution in [2.45, 2.75) is 19.3 Å². The van der Waals surface area contributed by atoms with Gasteiger partial charge in [0.2, 0.25) is 0 Å². The minimum atomic E-state index is -0.438. The van der Waals surface area contributed by atoms with E-state index in [0.29, 0.717) is 23.1 Å². The number of hydrogen-bond donors (Lipinski definition) is 2. The molecule has 0 saturated heterocycles. The minimum absolute atomic E-state index is 0.0694. The van der Waals surface area contributed by atoms with E-state index in [1.54, 1.807) is 6.07 Å². The molecule has 0 unspecified atom stereocenters. The van der Waals surface area contributed by atoms with Crippen LogP contribution in [0.4, 0.5) is 15.8 Å². The predicted octanol–water partition coefficient (Wildman–Crippen LogP) is 3.28. The normalized spacial score (nSPS) is 16.3. The highest BCUT2D eigenvalue weighted by Crippen LogP contribution is 2.48. The van der Waals surface area contributed by atoms with Crippen LogP contribution in [0.15, 0.2) is 16.6 Å². The van der Waals surface area contributed by atoms with Crippen molar-refractivity contribution >= 4 is 27.3 Å². The monoisotopic (exact) mass is 297 g/mol. The number of nitrogens with two attached hydrogens (primary N) is 1. The van der Waals surface area contributed by atoms with E-state index in [-0.39, 0.29) is 11.1 Å². The van der Waals surface area contributed by atoms with Gasteiger partial charge in [-0.15, -0.1) is 0 Å². The molecule has 0 bridgehead atoms. The zero-order valence-electron chi connectivity index (χ0n) is 9.26. The van der Waals surface area contributed by atoms with Crippen LogP contribution in [0.25, 0.3) is 0 Å². The first-order valence-electron chi connectivity index (χ1n) is 5.42. The summed E-state index contributed by atoms with van der Waals surface area (Å²) in [4.78, 5) is 0. The van der Waals surface area contributed by atoms with Crippen LogP contribution in [0.2, 0.25) is 0 Å². The van der Waals surface area contributed by atoms with Gasteiger partial charge in [0, 0.05) is 22.9 Å². The van der Waals surface area contributed by atoms with Crippen LogP contribution in [0.1, 0.15) is 19.3 Å². The lowest BCUT2D eigenvalue weighted by Gasteiger charge is -2.15. The van der Waals surface area contributed by atoms with Crippen molar-refractivity contribution in [1.29, 1.82) is 5.26 Å². The third-order valence-electron chi connectivity index (χ3n) is 3.16. The molecule has 0 aliphatic heterocycles. The number of benzene rings is 1.